The molecule has 0 bridgehead atoms. The van der Waals surface area contributed by atoms with Gasteiger partial charge in [-0.05, 0) is 18.6 Å². The van der Waals surface area contributed by atoms with Crippen LogP contribution < -0.4 is 34.9 Å². The second kappa shape index (κ2) is 7.35. The van der Waals surface area contributed by atoms with Gasteiger partial charge < -0.3 is 15.0 Å². The molecule has 17 heavy (non-hydrogen) atoms. The van der Waals surface area contributed by atoms with Crippen molar-refractivity contribution in [3.05, 3.63) is 29.8 Å². The summed E-state index contributed by atoms with van der Waals surface area (Å²) in [7, 11) is -4.38. The van der Waals surface area contributed by atoms with Crippen molar-refractivity contribution in [3.8, 4) is 0 Å². The van der Waals surface area contributed by atoms with Crippen molar-refractivity contribution in [2.45, 2.75) is 13.0 Å². The third kappa shape index (κ3) is 7.03. The second-order valence-electron chi connectivity index (χ2n) is 3.57. The van der Waals surface area contributed by atoms with E-state index in [9.17, 15) is 18.1 Å². The normalized spacial score (nSPS) is 12.6. The fourth-order valence-corrected chi connectivity index (χ4v) is 1.88. The molecule has 7 heteroatoms. The van der Waals surface area contributed by atoms with Gasteiger partial charge in [-0.2, -0.15) is 0 Å². The molecule has 1 atom stereocenters. The van der Waals surface area contributed by atoms with Gasteiger partial charge in [-0.3, -0.25) is 0 Å². The molecule has 1 unspecified atom stereocenters. The van der Waals surface area contributed by atoms with Crippen LogP contribution in [0.5, 0.6) is 0 Å². The smallest absolute Gasteiger partial charge is 0.748 e. The summed E-state index contributed by atoms with van der Waals surface area (Å²) < 4.78 is 31.1. The molecule has 1 aromatic rings. The predicted octanol–water partition coefficient (Wildman–Crippen LogP) is -2.68. The average Bonchev–Trinajstić information content (AvgIpc) is 2.14. The van der Waals surface area contributed by atoms with Crippen LogP contribution in [0.2, 0.25) is 0 Å². The minimum Gasteiger partial charge on any atom is -0.748 e. The van der Waals surface area contributed by atoms with E-state index in [2.05, 4.69) is 5.32 Å². The molecule has 0 saturated heterocycles. The van der Waals surface area contributed by atoms with E-state index < -0.39 is 22.0 Å². The molecule has 0 radical (unpaired) electrons. The summed E-state index contributed by atoms with van der Waals surface area (Å²) in [6.45, 7) is 1.92. The van der Waals surface area contributed by atoms with Crippen LogP contribution >= 0.6 is 0 Å². The first kappa shape index (κ1) is 16.9. The molecule has 0 aromatic heterocycles. The summed E-state index contributed by atoms with van der Waals surface area (Å²) in [5.74, 6) is -0.772. The maximum Gasteiger partial charge on any atom is 1.00 e. The summed E-state index contributed by atoms with van der Waals surface area (Å²) >= 11 is 0. The van der Waals surface area contributed by atoms with E-state index in [1.54, 1.807) is 0 Å². The molecule has 0 aliphatic rings. The molecule has 2 N–H and O–H groups in total. The van der Waals surface area contributed by atoms with Crippen molar-refractivity contribution in [3.63, 3.8) is 0 Å². The van der Waals surface area contributed by atoms with Crippen molar-refractivity contribution >= 4 is 15.8 Å². The van der Waals surface area contributed by atoms with Crippen LogP contribution in [0.15, 0.2) is 24.3 Å². The molecule has 0 amide bonds. The van der Waals surface area contributed by atoms with Gasteiger partial charge >= 0.3 is 29.6 Å². The van der Waals surface area contributed by atoms with Gasteiger partial charge in [0.2, 0.25) is 0 Å². The molecular formula is C10H14NNaO4S. The molecule has 0 spiro atoms. The van der Waals surface area contributed by atoms with E-state index in [1.165, 1.54) is 0 Å². The summed E-state index contributed by atoms with van der Waals surface area (Å²) in [6, 6.07) is 7.40. The molecule has 0 heterocycles. The second-order valence-corrected chi connectivity index (χ2v) is 5.02. The summed E-state index contributed by atoms with van der Waals surface area (Å²) in [5, 5.41) is 12.2. The number of aryl methyl sites for hydroxylation is 1. The van der Waals surface area contributed by atoms with E-state index in [0.29, 0.717) is 0 Å². The molecule has 0 aliphatic carbocycles. The molecular weight excluding hydrogens is 253 g/mol. The fraction of sp³-hybridized carbons (Fsp3) is 0.400. The van der Waals surface area contributed by atoms with Gasteiger partial charge in [0.15, 0.2) is 0 Å². The Hall–Kier alpha value is -0.110. The number of rotatable bonds is 5. The Labute approximate surface area is 123 Å². The number of hydrogen-bond donors (Lipinski definition) is 2. The summed E-state index contributed by atoms with van der Waals surface area (Å²) in [4.78, 5) is 0. The van der Waals surface area contributed by atoms with Crippen LogP contribution in [0.3, 0.4) is 0 Å². The van der Waals surface area contributed by atoms with Gasteiger partial charge in [0, 0.05) is 12.2 Å². The zero-order valence-electron chi connectivity index (χ0n) is 9.88. The number of aliphatic hydroxyl groups excluding tert-OH is 1. The Morgan fingerprint density at radius 1 is 1.41 bits per heavy atom. The van der Waals surface area contributed by atoms with Crippen LogP contribution in [-0.2, 0) is 10.1 Å². The monoisotopic (exact) mass is 267 g/mol. The van der Waals surface area contributed by atoms with E-state index in [-0.39, 0.29) is 36.1 Å². The van der Waals surface area contributed by atoms with Crippen molar-refractivity contribution in [2.24, 2.45) is 0 Å². The number of anilines is 1. The predicted molar refractivity (Wildman–Crippen MR) is 60.2 cm³/mol. The third-order valence-corrected chi connectivity index (χ3v) is 2.86. The number of para-hydroxylation sites is 1. The van der Waals surface area contributed by atoms with Crippen molar-refractivity contribution < 1.29 is 47.6 Å². The van der Waals surface area contributed by atoms with E-state index >= 15 is 0 Å². The molecule has 1 rings (SSSR count). The minimum atomic E-state index is -4.38. The van der Waals surface area contributed by atoms with Crippen LogP contribution in [-0.4, -0.2) is 36.5 Å². The Bertz CT molecular complexity index is 449. The summed E-state index contributed by atoms with van der Waals surface area (Å²) in [6.07, 6.45) is -1.19. The maximum absolute atomic E-state index is 10.4. The SMILES string of the molecule is Cc1ccccc1NCC(O)CS(=O)(=O)[O-].[Na+]. The van der Waals surface area contributed by atoms with Crippen LogP contribution in [0.25, 0.3) is 0 Å². The molecule has 0 fully saturated rings. The van der Waals surface area contributed by atoms with E-state index in [4.69, 9.17) is 0 Å². The third-order valence-electron chi connectivity index (χ3n) is 2.07. The Morgan fingerprint density at radius 2 is 2.00 bits per heavy atom. The summed E-state index contributed by atoms with van der Waals surface area (Å²) in [5.41, 5.74) is 1.80. The molecule has 0 saturated carbocycles. The number of hydrogen-bond acceptors (Lipinski definition) is 5. The topological polar surface area (TPSA) is 89.5 Å². The number of benzene rings is 1. The number of aliphatic hydroxyl groups is 1. The van der Waals surface area contributed by atoms with E-state index in [0.717, 1.165) is 11.3 Å². The Balaban J connectivity index is 0.00000256. The number of nitrogens with one attached hydrogen (secondary N) is 1. The molecule has 5 nitrogen and oxygen atoms in total. The molecule has 0 aliphatic heterocycles. The average molecular weight is 267 g/mol. The maximum atomic E-state index is 10.4. The van der Waals surface area contributed by atoms with Gasteiger partial charge in [-0.1, -0.05) is 18.2 Å². The van der Waals surface area contributed by atoms with Crippen molar-refractivity contribution in [1.29, 1.82) is 0 Å². The first-order valence-electron chi connectivity index (χ1n) is 4.79. The quantitative estimate of drug-likeness (QED) is 0.448. The first-order chi connectivity index (χ1) is 7.38. The van der Waals surface area contributed by atoms with Crippen molar-refractivity contribution in [1.82, 2.24) is 0 Å². The Kier molecular flexibility index (Phi) is 7.30. The fourth-order valence-electron chi connectivity index (χ4n) is 1.29. The first-order valence-corrected chi connectivity index (χ1v) is 6.37. The zero-order chi connectivity index (χ0) is 12.2. The van der Waals surface area contributed by atoms with Gasteiger partial charge in [0.05, 0.1) is 22.0 Å². The Morgan fingerprint density at radius 3 is 2.53 bits per heavy atom. The standard InChI is InChI=1S/C10H15NO4S.Na/c1-8-4-2-3-5-10(8)11-6-9(12)7-16(13,14)15;/h2-5,9,11-12H,6-7H2,1H3,(H,13,14,15);/q;+1/p-1. The van der Waals surface area contributed by atoms with Gasteiger partial charge in [0.1, 0.15) is 0 Å². The largest absolute Gasteiger partial charge is 1.00 e. The van der Waals surface area contributed by atoms with Crippen molar-refractivity contribution in [2.75, 3.05) is 17.6 Å². The van der Waals surface area contributed by atoms with Crippen LogP contribution in [0.1, 0.15) is 5.56 Å². The van der Waals surface area contributed by atoms with Crippen LogP contribution in [0, 0.1) is 6.92 Å². The molecule has 1 aromatic carbocycles. The van der Waals surface area contributed by atoms with Gasteiger partial charge in [-0.15, -0.1) is 0 Å². The van der Waals surface area contributed by atoms with Gasteiger partial charge in [0.25, 0.3) is 0 Å². The van der Waals surface area contributed by atoms with E-state index in [1.807, 2.05) is 31.2 Å². The van der Waals surface area contributed by atoms with Crippen LogP contribution in [0.4, 0.5) is 5.69 Å². The zero-order valence-corrected chi connectivity index (χ0v) is 12.7. The van der Waals surface area contributed by atoms with Gasteiger partial charge in [-0.25, -0.2) is 8.42 Å². The molecule has 90 valence electrons. The minimum absolute atomic E-state index is 0.